The molecule has 126 valence electrons. The smallest absolute Gasteiger partial charge is 0.391 e. The van der Waals surface area contributed by atoms with Gasteiger partial charge >= 0.3 is 6.18 Å². The average Bonchev–Trinajstić information content (AvgIpc) is 2.55. The zero-order valence-electron chi connectivity index (χ0n) is 12.9. The lowest BCUT2D eigenvalue weighted by Crippen LogP contribution is -2.33. The molecule has 2 heterocycles. The van der Waals surface area contributed by atoms with Crippen molar-refractivity contribution in [3.05, 3.63) is 59.7 Å². The summed E-state index contributed by atoms with van der Waals surface area (Å²) < 4.78 is 37.3. The van der Waals surface area contributed by atoms with Crippen LogP contribution in [0.2, 0.25) is 0 Å². The third-order valence-electron chi connectivity index (χ3n) is 3.41. The molecule has 0 aliphatic rings. The number of alkyl halides is 3. The van der Waals surface area contributed by atoms with Gasteiger partial charge in [-0.1, -0.05) is 12.1 Å². The summed E-state index contributed by atoms with van der Waals surface area (Å²) in [6.07, 6.45) is -1.38. The van der Waals surface area contributed by atoms with Crippen LogP contribution in [0, 0.1) is 0 Å². The van der Waals surface area contributed by atoms with E-state index in [2.05, 4.69) is 9.97 Å². The Labute approximate surface area is 137 Å². The number of halogens is 3. The molecule has 9 heteroatoms. The molecule has 0 bridgehead atoms. The van der Waals surface area contributed by atoms with Crippen LogP contribution in [0.1, 0.15) is 22.9 Å². The van der Waals surface area contributed by atoms with Crippen molar-refractivity contribution < 1.29 is 23.1 Å². The molecule has 24 heavy (non-hydrogen) atoms. The van der Waals surface area contributed by atoms with Gasteiger partial charge in [0.25, 0.3) is 0 Å². The molecule has 5 nitrogen and oxygen atoms in total. The van der Waals surface area contributed by atoms with Crippen molar-refractivity contribution in [1.29, 1.82) is 0 Å². The molecule has 0 saturated carbocycles. The lowest BCUT2D eigenvalue weighted by Gasteiger charge is -2.21. The van der Waals surface area contributed by atoms with Gasteiger partial charge in [-0.25, -0.2) is 0 Å². The summed E-state index contributed by atoms with van der Waals surface area (Å²) in [6.45, 7) is 0.0542. The number of pyridine rings is 2. The van der Waals surface area contributed by atoms with Gasteiger partial charge in [0, 0.05) is 30.7 Å². The van der Waals surface area contributed by atoms with E-state index in [0.717, 1.165) is 12.3 Å². The Hall–Kier alpha value is -2.42. The molecule has 0 saturated heterocycles. The number of amides is 1. The van der Waals surface area contributed by atoms with E-state index in [0.29, 0.717) is 11.1 Å². The van der Waals surface area contributed by atoms with E-state index in [1.54, 1.807) is 18.3 Å². The normalized spacial score (nSPS) is 12.7. The summed E-state index contributed by atoms with van der Waals surface area (Å²) >= 11 is 0. The summed E-state index contributed by atoms with van der Waals surface area (Å²) in [7, 11) is 1.51. The van der Waals surface area contributed by atoms with Crippen LogP contribution in [-0.2, 0) is 17.4 Å². The lowest BCUT2D eigenvalue weighted by atomic mass is 10.1. The summed E-state index contributed by atoms with van der Waals surface area (Å²) in [6, 6.07) is 5.43. The maximum absolute atomic E-state index is 12.4. The van der Waals surface area contributed by atoms with E-state index in [1.165, 1.54) is 25.1 Å². The summed E-state index contributed by atoms with van der Waals surface area (Å²) in [5, 5.41) is 10.1. The van der Waals surface area contributed by atoms with Crippen molar-refractivity contribution in [2.45, 2.75) is 18.7 Å². The summed E-state index contributed by atoms with van der Waals surface area (Å²) in [5.74, 6) is -0.334. The quantitative estimate of drug-likeness (QED) is 0.832. The Morgan fingerprint density at radius 3 is 2.58 bits per heavy atom. The maximum Gasteiger partial charge on any atom is 0.433 e. The van der Waals surface area contributed by atoms with E-state index in [4.69, 9.17) is 0 Å². The van der Waals surface area contributed by atoms with E-state index < -0.39 is 18.0 Å². The molecule has 0 fully saturated rings. The standard InChI is InChI=1S/C15H15BF3N3O2/c16-22(9-12(23)11-2-1-5-20-8-11)14(24)6-10-3-4-13(21-7-10)15(17,18)19/h1-5,7-8,12,23H,6,9,16H2. The largest absolute Gasteiger partial charge is 0.433 e. The number of rotatable bonds is 5. The van der Waals surface area contributed by atoms with Gasteiger partial charge in [0.1, 0.15) is 5.69 Å². The molecule has 1 amide bonds. The summed E-state index contributed by atoms with van der Waals surface area (Å²) in [4.78, 5) is 20.6. The predicted octanol–water partition coefficient (Wildman–Crippen LogP) is 1.15. The first kappa shape index (κ1) is 17.9. The van der Waals surface area contributed by atoms with Crippen LogP contribution in [0.25, 0.3) is 0 Å². The van der Waals surface area contributed by atoms with E-state index in [-0.39, 0.29) is 18.9 Å². The number of hydrogen-bond donors (Lipinski definition) is 1. The number of aromatic nitrogens is 2. The Balaban J connectivity index is 1.94. The molecule has 0 aliphatic carbocycles. The Bertz CT molecular complexity index is 681. The fraction of sp³-hybridized carbons (Fsp3) is 0.267. The molecule has 2 rings (SSSR count). The van der Waals surface area contributed by atoms with Crippen molar-refractivity contribution in [3.8, 4) is 0 Å². The fourth-order valence-corrected chi connectivity index (χ4v) is 2.05. The minimum Gasteiger partial charge on any atom is -0.391 e. The van der Waals surface area contributed by atoms with Crippen LogP contribution in [0.4, 0.5) is 13.2 Å². The van der Waals surface area contributed by atoms with Crippen molar-refractivity contribution in [2.75, 3.05) is 6.54 Å². The van der Waals surface area contributed by atoms with Crippen LogP contribution in [0.3, 0.4) is 0 Å². The van der Waals surface area contributed by atoms with Gasteiger partial charge in [0.15, 0.2) is 0 Å². The second kappa shape index (κ2) is 7.44. The molecular weight excluding hydrogens is 322 g/mol. The number of carbonyl (C=O) groups excluding carboxylic acids is 1. The minimum absolute atomic E-state index is 0.0542. The van der Waals surface area contributed by atoms with Gasteiger partial charge in [-0.15, -0.1) is 0 Å². The second-order valence-corrected chi connectivity index (χ2v) is 5.30. The third-order valence-corrected chi connectivity index (χ3v) is 3.41. The van der Waals surface area contributed by atoms with Gasteiger partial charge in [-0.2, -0.15) is 13.2 Å². The molecule has 2 aromatic heterocycles. The third kappa shape index (κ3) is 4.79. The first-order chi connectivity index (χ1) is 11.3. The molecule has 0 aromatic carbocycles. The van der Waals surface area contributed by atoms with Crippen LogP contribution >= 0.6 is 0 Å². The number of carbonyl (C=O) groups is 1. The Morgan fingerprint density at radius 1 is 1.29 bits per heavy atom. The molecule has 1 atom stereocenters. The van der Waals surface area contributed by atoms with Crippen molar-refractivity contribution >= 4 is 13.9 Å². The number of aliphatic hydroxyl groups is 1. The topological polar surface area (TPSA) is 66.3 Å². The SMILES string of the molecule is BN(CC(O)c1cccnc1)C(=O)Cc1ccc(C(F)(F)F)nc1. The monoisotopic (exact) mass is 337 g/mol. The van der Waals surface area contributed by atoms with Crippen LogP contribution in [-0.4, -0.2) is 40.3 Å². The molecule has 0 radical (unpaired) electrons. The zero-order chi connectivity index (χ0) is 17.7. The highest BCUT2D eigenvalue weighted by atomic mass is 19.4. The second-order valence-electron chi connectivity index (χ2n) is 5.30. The molecule has 0 spiro atoms. The zero-order valence-corrected chi connectivity index (χ0v) is 12.9. The number of aliphatic hydroxyl groups excluding tert-OH is 1. The van der Waals surface area contributed by atoms with Crippen molar-refractivity contribution in [3.63, 3.8) is 0 Å². The van der Waals surface area contributed by atoms with Crippen LogP contribution in [0.5, 0.6) is 0 Å². The van der Waals surface area contributed by atoms with Crippen molar-refractivity contribution in [2.24, 2.45) is 0 Å². The van der Waals surface area contributed by atoms with Gasteiger partial charge < -0.3 is 9.92 Å². The van der Waals surface area contributed by atoms with E-state index >= 15 is 0 Å². The van der Waals surface area contributed by atoms with E-state index in [9.17, 15) is 23.1 Å². The number of hydrogen-bond acceptors (Lipinski definition) is 4. The Kier molecular flexibility index (Phi) is 5.56. The first-order valence-electron chi connectivity index (χ1n) is 7.11. The van der Waals surface area contributed by atoms with Crippen molar-refractivity contribution in [1.82, 2.24) is 14.8 Å². The van der Waals surface area contributed by atoms with Crippen LogP contribution in [0.15, 0.2) is 42.9 Å². The highest BCUT2D eigenvalue weighted by Gasteiger charge is 2.32. The highest BCUT2D eigenvalue weighted by molar-refractivity contribution is 6.14. The highest BCUT2D eigenvalue weighted by Crippen LogP contribution is 2.27. The van der Waals surface area contributed by atoms with Gasteiger partial charge in [0.05, 0.1) is 12.5 Å². The molecule has 2 aromatic rings. The van der Waals surface area contributed by atoms with Gasteiger partial charge in [-0.05, 0) is 17.7 Å². The van der Waals surface area contributed by atoms with Gasteiger partial charge in [0.2, 0.25) is 13.9 Å². The molecule has 1 unspecified atom stereocenters. The summed E-state index contributed by atoms with van der Waals surface area (Å²) in [5.41, 5.74) is -0.0527. The minimum atomic E-state index is -4.51. The maximum atomic E-state index is 12.4. The lowest BCUT2D eigenvalue weighted by molar-refractivity contribution is -0.141. The van der Waals surface area contributed by atoms with Crippen LogP contribution < -0.4 is 0 Å². The van der Waals surface area contributed by atoms with Gasteiger partial charge in [-0.3, -0.25) is 14.8 Å². The average molecular weight is 337 g/mol. The predicted molar refractivity (Wildman–Crippen MR) is 82.4 cm³/mol. The molecule has 1 N–H and O–H groups in total. The first-order valence-corrected chi connectivity index (χ1v) is 7.11. The molecular formula is C15H15BF3N3O2. The van der Waals surface area contributed by atoms with E-state index in [1.807, 2.05) is 0 Å². The number of nitrogens with zero attached hydrogens (tertiary/aromatic N) is 3. The molecule has 0 aliphatic heterocycles. The Morgan fingerprint density at radius 2 is 2.04 bits per heavy atom. The fourth-order valence-electron chi connectivity index (χ4n) is 2.05.